The number of aliphatic hydroxyl groups is 2. The van der Waals surface area contributed by atoms with Crippen molar-refractivity contribution in [3.63, 3.8) is 0 Å². The third-order valence-corrected chi connectivity index (χ3v) is 8.43. The summed E-state index contributed by atoms with van der Waals surface area (Å²) in [6.45, 7) is 5.26. The van der Waals surface area contributed by atoms with Crippen LogP contribution in [0, 0.1) is 5.92 Å². The molecule has 0 saturated carbocycles. The average Bonchev–Trinajstić information content (AvgIpc) is 2.94. The van der Waals surface area contributed by atoms with Crippen LogP contribution in [0.5, 0.6) is 11.5 Å². The molecule has 42 heavy (non-hydrogen) atoms. The van der Waals surface area contributed by atoms with E-state index in [4.69, 9.17) is 14.2 Å². The Hall–Kier alpha value is -3.35. The van der Waals surface area contributed by atoms with E-state index in [0.29, 0.717) is 6.42 Å². The minimum absolute atomic E-state index is 0.0343. The number of ether oxygens (including phenoxy) is 3. The van der Waals surface area contributed by atoms with Crippen molar-refractivity contribution >= 4 is 17.5 Å². The van der Waals surface area contributed by atoms with Crippen molar-refractivity contribution in [3.8, 4) is 11.5 Å². The molecule has 5 rings (SSSR count). The zero-order chi connectivity index (χ0) is 31.1. The molecule has 2 aliphatic carbocycles. The number of phenolic OH excluding ortho intramolecular Hbond substituents is 2. The highest BCUT2D eigenvalue weighted by Crippen LogP contribution is 2.54. The van der Waals surface area contributed by atoms with Crippen LogP contribution >= 0.6 is 0 Å². The van der Waals surface area contributed by atoms with E-state index in [-0.39, 0.29) is 52.1 Å². The number of carbonyl (C=O) groups is 3. The summed E-state index contributed by atoms with van der Waals surface area (Å²) in [7, 11) is 4.93. The molecule has 0 aromatic heterocycles. The highest BCUT2D eigenvalue weighted by molar-refractivity contribution is 6.30. The number of methoxy groups -OCH3 is 1. The standard InChI is InChI=1S/C29H32O10.C2H7N/c1-5-29(36)11-18(39-19-9-12(2)24(31)13(3)38-19)21-15(23(29)28(35)37-4)10-16-22(27(21)34)26(33)20-14(25(16)32)7-6-8-17(20)30;1-3-2/h6-8,10,12-13,18-19,23-24,30-31,34,36H,5,9,11H2,1-4H3;3H,1-2H3/t12-,13-,18-,19-,23-,24-,29+;/m0./s1. The van der Waals surface area contributed by atoms with Crippen LogP contribution in [-0.4, -0.2) is 83.3 Å². The molecule has 2 aromatic carbocycles. The van der Waals surface area contributed by atoms with Gasteiger partial charge >= 0.3 is 5.97 Å². The topological polar surface area (TPSA) is 172 Å². The largest absolute Gasteiger partial charge is 0.507 e. The molecule has 7 atom stereocenters. The van der Waals surface area contributed by atoms with Crippen molar-refractivity contribution in [2.45, 2.75) is 76.2 Å². The zero-order valence-corrected chi connectivity index (χ0v) is 24.6. The van der Waals surface area contributed by atoms with Gasteiger partial charge in [0.05, 0.1) is 42.1 Å². The lowest BCUT2D eigenvalue weighted by Crippen LogP contribution is -2.48. The summed E-state index contributed by atoms with van der Waals surface area (Å²) in [5, 5.41) is 46.7. The van der Waals surface area contributed by atoms with Gasteiger partial charge in [-0.05, 0) is 51.1 Å². The van der Waals surface area contributed by atoms with Crippen LogP contribution in [0.3, 0.4) is 0 Å². The van der Waals surface area contributed by atoms with Gasteiger partial charge in [-0.25, -0.2) is 0 Å². The molecule has 0 spiro atoms. The summed E-state index contributed by atoms with van der Waals surface area (Å²) >= 11 is 0. The molecular formula is C31H39NO10. The lowest BCUT2D eigenvalue weighted by molar-refractivity contribution is -0.256. The van der Waals surface area contributed by atoms with Gasteiger partial charge in [0.15, 0.2) is 12.1 Å². The van der Waals surface area contributed by atoms with E-state index in [1.807, 2.05) is 21.0 Å². The second-order valence-electron chi connectivity index (χ2n) is 11.2. The number of ketones is 2. The number of rotatable bonds is 4. The Kier molecular flexibility index (Phi) is 9.10. The lowest BCUT2D eigenvalue weighted by atomic mass is 9.67. The van der Waals surface area contributed by atoms with Crippen molar-refractivity contribution in [2.75, 3.05) is 21.2 Å². The molecule has 1 aliphatic heterocycles. The summed E-state index contributed by atoms with van der Waals surface area (Å²) < 4.78 is 17.2. The number of benzene rings is 2. The summed E-state index contributed by atoms with van der Waals surface area (Å²) in [6.07, 6.45) is -2.79. The molecule has 1 saturated heterocycles. The third-order valence-electron chi connectivity index (χ3n) is 8.43. The summed E-state index contributed by atoms with van der Waals surface area (Å²) in [4.78, 5) is 40.1. The Bertz CT molecular complexity index is 1380. The van der Waals surface area contributed by atoms with E-state index in [1.165, 1.54) is 31.4 Å². The van der Waals surface area contributed by atoms with E-state index in [0.717, 1.165) is 0 Å². The number of nitrogens with one attached hydrogen (secondary N) is 1. The molecule has 0 amide bonds. The average molecular weight is 586 g/mol. The molecule has 0 bridgehead atoms. The smallest absolute Gasteiger partial charge is 0.316 e. The summed E-state index contributed by atoms with van der Waals surface area (Å²) in [5.74, 6) is -4.54. The van der Waals surface area contributed by atoms with E-state index < -0.39 is 65.2 Å². The van der Waals surface area contributed by atoms with Gasteiger partial charge in [-0.3, -0.25) is 14.4 Å². The lowest BCUT2D eigenvalue weighted by Gasteiger charge is -2.45. The molecule has 1 heterocycles. The summed E-state index contributed by atoms with van der Waals surface area (Å²) in [6, 6.07) is 5.45. The maximum Gasteiger partial charge on any atom is 0.316 e. The van der Waals surface area contributed by atoms with E-state index >= 15 is 0 Å². The predicted molar refractivity (Wildman–Crippen MR) is 151 cm³/mol. The number of hydrogen-bond donors (Lipinski definition) is 5. The van der Waals surface area contributed by atoms with E-state index in [2.05, 4.69) is 5.32 Å². The van der Waals surface area contributed by atoms with Crippen LogP contribution in [0.4, 0.5) is 0 Å². The Morgan fingerprint density at radius 3 is 2.38 bits per heavy atom. The number of phenols is 2. The second-order valence-corrected chi connectivity index (χ2v) is 11.2. The first-order chi connectivity index (χ1) is 19.8. The van der Waals surface area contributed by atoms with Crippen LogP contribution in [0.25, 0.3) is 0 Å². The predicted octanol–water partition coefficient (Wildman–Crippen LogP) is 2.70. The fourth-order valence-corrected chi connectivity index (χ4v) is 6.24. The molecule has 11 nitrogen and oxygen atoms in total. The zero-order valence-electron chi connectivity index (χ0n) is 24.6. The minimum Gasteiger partial charge on any atom is -0.507 e. The van der Waals surface area contributed by atoms with Crippen LogP contribution in [0.2, 0.25) is 0 Å². The van der Waals surface area contributed by atoms with Crippen molar-refractivity contribution in [1.82, 2.24) is 5.32 Å². The Balaban J connectivity index is 0.00000129. The fraction of sp³-hybridized carbons (Fsp3) is 0.516. The van der Waals surface area contributed by atoms with Crippen LogP contribution in [0.15, 0.2) is 24.3 Å². The Morgan fingerprint density at radius 2 is 1.79 bits per heavy atom. The quantitative estimate of drug-likeness (QED) is 0.285. The molecule has 228 valence electrons. The number of carbonyl (C=O) groups excluding carboxylic acids is 3. The van der Waals surface area contributed by atoms with Gasteiger partial charge in [-0.15, -0.1) is 0 Å². The molecular weight excluding hydrogens is 546 g/mol. The Morgan fingerprint density at radius 1 is 1.12 bits per heavy atom. The van der Waals surface area contributed by atoms with Gasteiger partial charge in [-0.2, -0.15) is 0 Å². The van der Waals surface area contributed by atoms with Gasteiger partial charge < -0.3 is 40.0 Å². The molecule has 2 aromatic rings. The summed E-state index contributed by atoms with van der Waals surface area (Å²) in [5.41, 5.74) is -2.21. The second kappa shape index (κ2) is 12.1. The first-order valence-corrected chi connectivity index (χ1v) is 14.0. The number of hydrogen-bond acceptors (Lipinski definition) is 11. The van der Waals surface area contributed by atoms with Crippen molar-refractivity contribution < 1.29 is 49.0 Å². The Labute approximate surface area is 244 Å². The van der Waals surface area contributed by atoms with Gasteiger partial charge in [-0.1, -0.05) is 26.0 Å². The number of aromatic hydroxyl groups is 2. The van der Waals surface area contributed by atoms with Crippen molar-refractivity contribution in [2.24, 2.45) is 5.92 Å². The normalized spacial score (nSPS) is 29.9. The molecule has 0 radical (unpaired) electrons. The van der Waals surface area contributed by atoms with E-state index in [1.54, 1.807) is 13.8 Å². The fourth-order valence-electron chi connectivity index (χ4n) is 6.24. The van der Waals surface area contributed by atoms with Gasteiger partial charge in [0, 0.05) is 29.5 Å². The van der Waals surface area contributed by atoms with Crippen molar-refractivity contribution in [1.29, 1.82) is 0 Å². The number of aliphatic hydroxyl groups excluding tert-OH is 1. The first-order valence-electron chi connectivity index (χ1n) is 14.0. The number of esters is 1. The van der Waals surface area contributed by atoms with Gasteiger partial charge in [0.2, 0.25) is 5.78 Å². The van der Waals surface area contributed by atoms with Gasteiger partial charge in [0.25, 0.3) is 0 Å². The molecule has 0 unspecified atom stereocenters. The van der Waals surface area contributed by atoms with Gasteiger partial charge in [0.1, 0.15) is 17.4 Å². The maximum atomic E-state index is 13.5. The van der Waals surface area contributed by atoms with Crippen LogP contribution < -0.4 is 5.32 Å². The number of fused-ring (bicyclic) bond motifs is 3. The van der Waals surface area contributed by atoms with Crippen LogP contribution in [0.1, 0.15) is 95.0 Å². The molecule has 1 fully saturated rings. The minimum atomic E-state index is -1.67. The van der Waals surface area contributed by atoms with Crippen LogP contribution in [-0.2, 0) is 19.0 Å². The maximum absolute atomic E-state index is 13.5. The monoisotopic (exact) mass is 585 g/mol. The first kappa shape index (κ1) is 31.6. The van der Waals surface area contributed by atoms with Crippen molar-refractivity contribution in [3.05, 3.63) is 57.6 Å². The molecule has 11 heteroatoms. The SMILES string of the molecule is CC[C@@]1(O)C[C@H](O[C@H]2C[C@H](C)[C@H](O)[C@H](C)O2)c2c(cc3c(c2O)C(=O)c2c(O)cccc2C3=O)[C@H]1C(=O)OC.CNC. The molecule has 3 aliphatic rings. The highest BCUT2D eigenvalue weighted by Gasteiger charge is 2.53. The third kappa shape index (κ3) is 5.20. The molecule has 5 N–H and O–H groups in total. The highest BCUT2D eigenvalue weighted by atomic mass is 16.7. The van der Waals surface area contributed by atoms with E-state index in [9.17, 15) is 34.8 Å².